The summed E-state index contributed by atoms with van der Waals surface area (Å²) in [7, 11) is 2.32. The molecule has 4 heteroatoms. The highest BCUT2D eigenvalue weighted by Crippen LogP contribution is 2.15. The zero-order chi connectivity index (χ0) is 13.5. The molecule has 1 atom stereocenters. The van der Waals surface area contributed by atoms with Crippen LogP contribution >= 0.6 is 0 Å². The van der Waals surface area contributed by atoms with Gasteiger partial charge in [0.15, 0.2) is 0 Å². The molecule has 1 N–H and O–H groups in total. The number of ether oxygens (including phenoxy) is 1. The molecule has 0 bridgehead atoms. The summed E-state index contributed by atoms with van der Waals surface area (Å²) in [4.78, 5) is 0. The zero-order valence-corrected chi connectivity index (χ0v) is 12.7. The van der Waals surface area contributed by atoms with Gasteiger partial charge in [-0.05, 0) is 34.1 Å². The van der Waals surface area contributed by atoms with Crippen molar-refractivity contribution >= 4 is 14.3 Å². The Morgan fingerprint density at radius 3 is 2.29 bits per heavy atom. The van der Waals surface area contributed by atoms with Gasteiger partial charge in [-0.2, -0.15) is 0 Å². The van der Waals surface area contributed by atoms with E-state index in [0.717, 1.165) is 13.0 Å². The van der Waals surface area contributed by atoms with Crippen molar-refractivity contribution in [3.8, 4) is 0 Å². The Morgan fingerprint density at radius 2 is 1.82 bits per heavy atom. The zero-order valence-electron chi connectivity index (χ0n) is 12.7. The van der Waals surface area contributed by atoms with Crippen LogP contribution in [0.4, 0.5) is 0 Å². The van der Waals surface area contributed by atoms with Gasteiger partial charge in [-0.3, -0.25) is 0 Å². The van der Waals surface area contributed by atoms with Gasteiger partial charge >= 0.3 is 0 Å². The topological polar surface area (TPSA) is 29.5 Å². The van der Waals surface area contributed by atoms with Gasteiger partial charge < -0.3 is 9.84 Å². The van der Waals surface area contributed by atoms with Crippen molar-refractivity contribution in [3.05, 3.63) is 0 Å². The molecule has 0 aromatic heterocycles. The molecule has 0 heterocycles. The third-order valence-corrected chi connectivity index (χ3v) is 3.23. The van der Waals surface area contributed by atoms with Crippen molar-refractivity contribution in [2.45, 2.75) is 77.7 Å². The quantitative estimate of drug-likeness (QED) is 0.626. The molecule has 0 fully saturated rings. The van der Waals surface area contributed by atoms with E-state index in [1.807, 2.05) is 13.8 Å². The van der Waals surface area contributed by atoms with Crippen molar-refractivity contribution in [2.24, 2.45) is 0 Å². The first-order chi connectivity index (χ1) is 7.66. The Labute approximate surface area is 109 Å². The third-order valence-electron chi connectivity index (χ3n) is 3.23. The molecule has 0 rings (SSSR count). The number of aliphatic hydroxyl groups is 1. The first kappa shape index (κ1) is 17.0. The van der Waals surface area contributed by atoms with E-state index < -0.39 is 5.60 Å². The fraction of sp³-hybridized carbons (Fsp3) is 1.00. The molecule has 0 aliphatic carbocycles. The standard InChI is InChI=1S/C13H30B2O2/c1-7-8-11(2)14-15-13(5,6)17-10-9-12(3,4)16/h11,14-16H,7-10H2,1-6H3. The summed E-state index contributed by atoms with van der Waals surface area (Å²) >= 11 is 0. The fourth-order valence-electron chi connectivity index (χ4n) is 1.88. The summed E-state index contributed by atoms with van der Waals surface area (Å²) in [5.41, 5.74) is -0.682. The second kappa shape index (κ2) is 7.48. The van der Waals surface area contributed by atoms with Crippen LogP contribution in [-0.4, -0.2) is 37.2 Å². The van der Waals surface area contributed by atoms with Crippen molar-refractivity contribution < 1.29 is 9.84 Å². The minimum Gasteiger partial charge on any atom is -0.390 e. The summed E-state index contributed by atoms with van der Waals surface area (Å²) in [6.45, 7) is 13.1. The Bertz CT molecular complexity index is 200. The lowest BCUT2D eigenvalue weighted by atomic mass is 9.28. The molecule has 0 saturated heterocycles. The van der Waals surface area contributed by atoms with E-state index in [4.69, 9.17) is 4.74 Å². The van der Waals surface area contributed by atoms with Crippen LogP contribution in [-0.2, 0) is 4.74 Å². The molecule has 0 aromatic carbocycles. The average Bonchev–Trinajstić information content (AvgIpc) is 2.13. The van der Waals surface area contributed by atoms with Crippen molar-refractivity contribution in [3.63, 3.8) is 0 Å². The predicted octanol–water partition coefficient (Wildman–Crippen LogP) is 2.30. The predicted molar refractivity (Wildman–Crippen MR) is 79.6 cm³/mol. The Balaban J connectivity index is 3.79. The van der Waals surface area contributed by atoms with Gasteiger partial charge in [0.05, 0.1) is 12.8 Å². The van der Waals surface area contributed by atoms with E-state index in [0.29, 0.717) is 13.0 Å². The summed E-state index contributed by atoms with van der Waals surface area (Å²) < 4.78 is 5.87. The van der Waals surface area contributed by atoms with Crippen LogP contribution in [0.5, 0.6) is 0 Å². The van der Waals surface area contributed by atoms with Crippen LogP contribution < -0.4 is 0 Å². The Morgan fingerprint density at radius 1 is 1.24 bits per heavy atom. The van der Waals surface area contributed by atoms with Crippen LogP contribution in [0.25, 0.3) is 0 Å². The highest BCUT2D eigenvalue weighted by atomic mass is 16.5. The summed E-state index contributed by atoms with van der Waals surface area (Å²) in [6, 6.07) is 0. The molecule has 0 amide bonds. The highest BCUT2D eigenvalue weighted by molar-refractivity contribution is 7.02. The summed E-state index contributed by atoms with van der Waals surface area (Å²) in [5, 5.41) is 9.62. The van der Waals surface area contributed by atoms with Gasteiger partial charge in [0.25, 0.3) is 0 Å². The number of hydrogen-bond acceptors (Lipinski definition) is 2. The normalized spacial score (nSPS) is 14.5. The first-order valence-electron chi connectivity index (χ1n) is 7.02. The molecule has 2 nitrogen and oxygen atoms in total. The molecule has 0 aliphatic heterocycles. The molecular formula is C13H30B2O2. The lowest BCUT2D eigenvalue weighted by Gasteiger charge is -2.27. The summed E-state index contributed by atoms with van der Waals surface area (Å²) in [5.74, 6) is 0.789. The van der Waals surface area contributed by atoms with Gasteiger partial charge in [-0.1, -0.05) is 32.5 Å². The van der Waals surface area contributed by atoms with E-state index in [2.05, 4.69) is 27.7 Å². The smallest absolute Gasteiger partial charge is 0.127 e. The van der Waals surface area contributed by atoms with E-state index in [1.165, 1.54) is 20.0 Å². The maximum atomic E-state index is 9.62. The lowest BCUT2D eigenvalue weighted by Crippen LogP contribution is -2.38. The van der Waals surface area contributed by atoms with E-state index in [9.17, 15) is 5.11 Å². The minimum atomic E-state index is -0.619. The Kier molecular flexibility index (Phi) is 7.50. The monoisotopic (exact) mass is 240 g/mol. The van der Waals surface area contributed by atoms with Crippen LogP contribution in [0.1, 0.15) is 60.8 Å². The number of hydrogen-bond donors (Lipinski definition) is 1. The molecule has 0 aromatic rings. The highest BCUT2D eigenvalue weighted by Gasteiger charge is 2.22. The van der Waals surface area contributed by atoms with Crippen molar-refractivity contribution in [1.82, 2.24) is 0 Å². The molecule has 0 saturated carbocycles. The van der Waals surface area contributed by atoms with Crippen LogP contribution in [0, 0.1) is 0 Å². The molecule has 100 valence electrons. The Hall–Kier alpha value is 0.0499. The third kappa shape index (κ3) is 10.9. The van der Waals surface area contributed by atoms with E-state index in [-0.39, 0.29) is 5.50 Å². The molecule has 0 radical (unpaired) electrons. The molecular weight excluding hydrogens is 210 g/mol. The van der Waals surface area contributed by atoms with Gasteiger partial charge in [-0.15, -0.1) is 0 Å². The van der Waals surface area contributed by atoms with Gasteiger partial charge in [0, 0.05) is 12.1 Å². The fourth-order valence-corrected chi connectivity index (χ4v) is 1.88. The van der Waals surface area contributed by atoms with Crippen molar-refractivity contribution in [2.75, 3.05) is 6.61 Å². The van der Waals surface area contributed by atoms with E-state index in [1.54, 1.807) is 0 Å². The molecule has 0 aliphatic rings. The lowest BCUT2D eigenvalue weighted by molar-refractivity contribution is -0.00669. The second-order valence-corrected chi connectivity index (χ2v) is 6.60. The van der Waals surface area contributed by atoms with Crippen LogP contribution in [0.3, 0.4) is 0 Å². The van der Waals surface area contributed by atoms with Gasteiger partial charge in [0.2, 0.25) is 0 Å². The van der Waals surface area contributed by atoms with Crippen LogP contribution in [0.15, 0.2) is 0 Å². The number of rotatable bonds is 9. The summed E-state index contributed by atoms with van der Waals surface area (Å²) in [6.07, 6.45) is 3.27. The van der Waals surface area contributed by atoms with E-state index >= 15 is 0 Å². The second-order valence-electron chi connectivity index (χ2n) is 6.60. The van der Waals surface area contributed by atoms with Crippen molar-refractivity contribution in [1.29, 1.82) is 0 Å². The van der Waals surface area contributed by atoms with Gasteiger partial charge in [-0.25, -0.2) is 0 Å². The average molecular weight is 240 g/mol. The molecule has 1 unspecified atom stereocenters. The molecule has 17 heavy (non-hydrogen) atoms. The molecule has 0 spiro atoms. The maximum absolute atomic E-state index is 9.62. The minimum absolute atomic E-state index is 0.0623. The van der Waals surface area contributed by atoms with Gasteiger partial charge in [0.1, 0.15) is 7.17 Å². The van der Waals surface area contributed by atoms with Crippen LogP contribution in [0.2, 0.25) is 5.82 Å². The first-order valence-corrected chi connectivity index (χ1v) is 7.02. The largest absolute Gasteiger partial charge is 0.390 e. The SMILES string of the molecule is CCCC(C)BBC(C)(C)OCCC(C)(C)O. The maximum Gasteiger partial charge on any atom is 0.127 e.